The molecule has 1 aliphatic heterocycles. The first-order chi connectivity index (χ1) is 17.1. The van der Waals surface area contributed by atoms with Crippen LogP contribution in [0.25, 0.3) is 5.69 Å². The second-order valence-electron chi connectivity index (χ2n) is 10.1. The molecule has 3 aromatic rings. The Balaban J connectivity index is 2.02. The molecule has 36 heavy (non-hydrogen) atoms. The molecule has 1 aliphatic rings. The quantitative estimate of drug-likeness (QED) is 0.440. The van der Waals surface area contributed by atoms with E-state index in [0.717, 1.165) is 34.5 Å². The fraction of sp³-hybridized carbons (Fsp3) is 0.393. The molecule has 1 atom stereocenters. The van der Waals surface area contributed by atoms with E-state index in [2.05, 4.69) is 26.1 Å². The highest BCUT2D eigenvalue weighted by Gasteiger charge is 2.40. The molecular weight excluding hydrogens is 492 g/mol. The van der Waals surface area contributed by atoms with E-state index in [0.29, 0.717) is 17.4 Å². The maximum Gasteiger partial charge on any atom is 0.240 e. The highest BCUT2D eigenvalue weighted by molar-refractivity contribution is 8.00. The van der Waals surface area contributed by atoms with Gasteiger partial charge in [0.15, 0.2) is 0 Å². The Hall–Kier alpha value is -2.77. The molecule has 0 saturated carbocycles. The topological polar surface area (TPSA) is 67.2 Å². The van der Waals surface area contributed by atoms with Crippen molar-refractivity contribution in [2.75, 3.05) is 23.7 Å². The first-order valence-corrected chi connectivity index (χ1v) is 13.7. The first kappa shape index (κ1) is 26.3. The van der Waals surface area contributed by atoms with Gasteiger partial charge in [-0.25, -0.2) is 4.68 Å². The van der Waals surface area contributed by atoms with Crippen LogP contribution in [-0.4, -0.2) is 40.4 Å². The Morgan fingerprint density at radius 1 is 1.19 bits per heavy atom. The number of hydrogen-bond donors (Lipinski definition) is 1. The van der Waals surface area contributed by atoms with Crippen molar-refractivity contribution in [3.63, 3.8) is 0 Å². The monoisotopic (exact) mass is 524 g/mol. The van der Waals surface area contributed by atoms with Gasteiger partial charge in [0, 0.05) is 22.5 Å². The van der Waals surface area contributed by atoms with Crippen LogP contribution in [0.4, 0.5) is 5.82 Å². The first-order valence-electron chi connectivity index (χ1n) is 12.2. The Bertz CT molecular complexity index is 1280. The van der Waals surface area contributed by atoms with Crippen LogP contribution >= 0.6 is 23.4 Å². The van der Waals surface area contributed by atoms with E-state index in [-0.39, 0.29) is 34.8 Å². The number of thioether (sulfide) groups is 1. The molecule has 1 N–H and O–H groups in total. The van der Waals surface area contributed by atoms with Gasteiger partial charge in [-0.3, -0.25) is 14.5 Å². The van der Waals surface area contributed by atoms with Gasteiger partial charge in [-0.05, 0) is 42.7 Å². The predicted molar refractivity (Wildman–Crippen MR) is 148 cm³/mol. The lowest BCUT2D eigenvalue weighted by molar-refractivity contribution is -0.122. The lowest BCUT2D eigenvalue weighted by Crippen LogP contribution is -2.42. The van der Waals surface area contributed by atoms with Gasteiger partial charge in [0.05, 0.1) is 22.4 Å². The summed E-state index contributed by atoms with van der Waals surface area (Å²) in [6.45, 7) is 10.9. The molecule has 0 saturated heterocycles. The summed E-state index contributed by atoms with van der Waals surface area (Å²) in [6, 6.07) is 15.8. The van der Waals surface area contributed by atoms with Crippen LogP contribution in [0.3, 0.4) is 0 Å². The zero-order valence-corrected chi connectivity index (χ0v) is 23.0. The highest BCUT2D eigenvalue weighted by atomic mass is 35.5. The summed E-state index contributed by atoms with van der Waals surface area (Å²) in [7, 11) is 0. The molecule has 0 aliphatic carbocycles. The lowest BCUT2D eigenvalue weighted by Gasteiger charge is -2.25. The van der Waals surface area contributed by atoms with Gasteiger partial charge >= 0.3 is 0 Å². The van der Waals surface area contributed by atoms with E-state index in [1.807, 2.05) is 67.1 Å². The summed E-state index contributed by atoms with van der Waals surface area (Å²) in [4.78, 5) is 28.1. The number of halogens is 1. The second-order valence-corrected chi connectivity index (χ2v) is 11.6. The molecule has 0 fully saturated rings. The molecule has 1 aromatic heterocycles. The van der Waals surface area contributed by atoms with Crippen LogP contribution in [0.2, 0.25) is 5.02 Å². The third-order valence-corrected chi connectivity index (χ3v) is 7.66. The van der Waals surface area contributed by atoms with Crippen molar-refractivity contribution in [2.45, 2.75) is 51.7 Å². The Morgan fingerprint density at radius 3 is 2.61 bits per heavy atom. The van der Waals surface area contributed by atoms with Crippen LogP contribution in [-0.2, 0) is 15.0 Å². The molecule has 4 rings (SSSR count). The van der Waals surface area contributed by atoms with Gasteiger partial charge in [0.2, 0.25) is 11.8 Å². The minimum atomic E-state index is -0.307. The van der Waals surface area contributed by atoms with Crippen molar-refractivity contribution in [3.05, 3.63) is 75.9 Å². The highest BCUT2D eigenvalue weighted by Crippen LogP contribution is 2.48. The second kappa shape index (κ2) is 10.7. The van der Waals surface area contributed by atoms with Gasteiger partial charge < -0.3 is 5.32 Å². The largest absolute Gasteiger partial charge is 0.355 e. The zero-order chi connectivity index (χ0) is 26.0. The minimum absolute atomic E-state index is 0.0597. The van der Waals surface area contributed by atoms with Gasteiger partial charge in [0.1, 0.15) is 12.4 Å². The number of aryl methyl sites for hydroxylation is 1. The van der Waals surface area contributed by atoms with E-state index in [1.165, 1.54) is 0 Å². The number of para-hydroxylation sites is 1. The molecule has 8 heteroatoms. The van der Waals surface area contributed by atoms with Crippen LogP contribution in [0.5, 0.6) is 0 Å². The van der Waals surface area contributed by atoms with Crippen molar-refractivity contribution in [1.82, 2.24) is 15.1 Å². The van der Waals surface area contributed by atoms with E-state index in [4.69, 9.17) is 16.7 Å². The molecule has 0 unspecified atom stereocenters. The molecular formula is C28H33ClN4O2S. The number of nitrogens with one attached hydrogen (secondary N) is 1. The van der Waals surface area contributed by atoms with Crippen LogP contribution < -0.4 is 10.2 Å². The fourth-order valence-corrected chi connectivity index (χ4v) is 5.83. The van der Waals surface area contributed by atoms with Crippen LogP contribution in [0.15, 0.2) is 48.5 Å². The molecule has 0 bridgehead atoms. The summed E-state index contributed by atoms with van der Waals surface area (Å²) in [5.41, 5.74) is 4.46. The normalized spacial score (nSPS) is 16.0. The number of benzene rings is 2. The van der Waals surface area contributed by atoms with Crippen LogP contribution in [0, 0.1) is 6.92 Å². The van der Waals surface area contributed by atoms with Crippen molar-refractivity contribution in [1.29, 1.82) is 0 Å². The molecule has 190 valence electrons. The third-order valence-electron chi connectivity index (χ3n) is 6.17. The number of fused-ring (bicyclic) bond motifs is 1. The maximum absolute atomic E-state index is 13.6. The lowest BCUT2D eigenvalue weighted by atomic mass is 9.87. The SMILES string of the molecule is CCCNC(=O)CN1C(=O)CS[C@H](c2cccc(Cl)c2)c2c(C(C)(C)C)nn(-c3ccccc3C)c21. The number of amides is 2. The molecule has 6 nitrogen and oxygen atoms in total. The number of hydrogen-bond acceptors (Lipinski definition) is 4. The standard InChI is InChI=1S/C28H33ClN4O2S/c1-6-14-30-22(34)16-32-23(35)17-36-25(19-11-9-12-20(29)15-19)24-26(28(3,4)5)31-33(27(24)32)21-13-8-7-10-18(21)2/h7-13,15,25H,6,14,16-17H2,1-5H3,(H,30,34)/t25-/m1/s1. The number of aromatic nitrogens is 2. The summed E-state index contributed by atoms with van der Waals surface area (Å²) in [6.07, 6.45) is 0.826. The van der Waals surface area contributed by atoms with E-state index in [9.17, 15) is 9.59 Å². The third kappa shape index (κ3) is 5.32. The van der Waals surface area contributed by atoms with Gasteiger partial charge in [-0.2, -0.15) is 5.10 Å². The predicted octanol–water partition coefficient (Wildman–Crippen LogP) is 5.83. The van der Waals surface area contributed by atoms with Gasteiger partial charge in [0.25, 0.3) is 0 Å². The van der Waals surface area contributed by atoms with E-state index < -0.39 is 0 Å². The smallest absolute Gasteiger partial charge is 0.240 e. The average Bonchev–Trinajstić information content (AvgIpc) is 3.16. The summed E-state index contributed by atoms with van der Waals surface area (Å²) >= 11 is 7.95. The Labute approximate surface area is 222 Å². The number of nitrogens with zero attached hydrogens (tertiary/aromatic N) is 3. The molecule has 0 radical (unpaired) electrons. The summed E-state index contributed by atoms with van der Waals surface area (Å²) in [5, 5.41) is 8.53. The van der Waals surface area contributed by atoms with E-state index >= 15 is 0 Å². The Morgan fingerprint density at radius 2 is 1.94 bits per heavy atom. The molecule has 2 aromatic carbocycles. The maximum atomic E-state index is 13.6. The zero-order valence-electron chi connectivity index (χ0n) is 21.5. The number of anilines is 1. The average molecular weight is 525 g/mol. The Kier molecular flexibility index (Phi) is 7.81. The summed E-state index contributed by atoms with van der Waals surface area (Å²) in [5.74, 6) is 0.593. The van der Waals surface area contributed by atoms with Crippen molar-refractivity contribution >= 4 is 41.0 Å². The fourth-order valence-electron chi connectivity index (χ4n) is 4.44. The van der Waals surface area contributed by atoms with Crippen LogP contribution in [0.1, 0.15) is 61.7 Å². The van der Waals surface area contributed by atoms with Crippen molar-refractivity contribution in [3.8, 4) is 5.69 Å². The molecule has 0 spiro atoms. The van der Waals surface area contributed by atoms with Gasteiger partial charge in [-0.15, -0.1) is 11.8 Å². The van der Waals surface area contributed by atoms with Crippen molar-refractivity contribution < 1.29 is 9.59 Å². The summed E-state index contributed by atoms with van der Waals surface area (Å²) < 4.78 is 1.86. The minimum Gasteiger partial charge on any atom is -0.355 e. The van der Waals surface area contributed by atoms with Gasteiger partial charge in [-0.1, -0.05) is 69.6 Å². The number of rotatable bonds is 6. The molecule has 2 heterocycles. The van der Waals surface area contributed by atoms with E-state index in [1.54, 1.807) is 16.7 Å². The number of carbonyl (C=O) groups excluding carboxylic acids is 2. The van der Waals surface area contributed by atoms with Crippen molar-refractivity contribution in [2.24, 2.45) is 0 Å². The number of carbonyl (C=O) groups is 2. The molecule has 2 amide bonds.